The van der Waals surface area contributed by atoms with Gasteiger partial charge in [0.05, 0.1) is 0 Å². The summed E-state index contributed by atoms with van der Waals surface area (Å²) >= 11 is 6.97. The van der Waals surface area contributed by atoms with Gasteiger partial charge in [-0.25, -0.2) is 0 Å². The van der Waals surface area contributed by atoms with Gasteiger partial charge >= 0.3 is 0 Å². The minimum atomic E-state index is -0.226. The van der Waals surface area contributed by atoms with Crippen LogP contribution in [0.3, 0.4) is 0 Å². The maximum Gasteiger partial charge on any atom is 0.269 e. The molecule has 2 aromatic carbocycles. The summed E-state index contributed by atoms with van der Waals surface area (Å²) in [4.78, 5) is 12.1. The molecule has 0 atom stereocenters. The lowest BCUT2D eigenvalue weighted by atomic mass is 10.1. The third-order valence-corrected chi connectivity index (χ3v) is 4.50. The van der Waals surface area contributed by atoms with Crippen LogP contribution >= 0.6 is 24.0 Å². The van der Waals surface area contributed by atoms with Crippen LogP contribution in [-0.2, 0) is 5.75 Å². The largest absolute Gasteiger partial charge is 0.331 e. The molecule has 0 unspecified atom stereocenters. The molecule has 0 spiro atoms. The van der Waals surface area contributed by atoms with Crippen molar-refractivity contribution in [1.29, 1.82) is 0 Å². The van der Waals surface area contributed by atoms with E-state index in [0.717, 1.165) is 17.0 Å². The molecular weight excluding hydrogens is 338 g/mol. The third-order valence-electron chi connectivity index (χ3n) is 3.67. The molecule has 0 bridgehead atoms. The maximum atomic E-state index is 12.1. The number of thioether (sulfide) groups is 1. The van der Waals surface area contributed by atoms with Crippen LogP contribution in [0, 0.1) is 13.8 Å². The molecule has 0 aliphatic carbocycles. The zero-order valence-electron chi connectivity index (χ0n) is 14.0. The van der Waals surface area contributed by atoms with Crippen LogP contribution in [0.5, 0.6) is 0 Å². The number of carbonyl (C=O) groups excluding carboxylic acids is 1. The predicted octanol–water partition coefficient (Wildman–Crippen LogP) is 3.80. The van der Waals surface area contributed by atoms with Crippen LogP contribution in [-0.4, -0.2) is 17.3 Å². The lowest BCUT2D eigenvalue weighted by Gasteiger charge is -2.14. The highest BCUT2D eigenvalue weighted by Gasteiger charge is 2.07. The van der Waals surface area contributed by atoms with Gasteiger partial charge in [0.2, 0.25) is 0 Å². The van der Waals surface area contributed by atoms with Crippen molar-refractivity contribution in [3.63, 3.8) is 0 Å². The molecule has 2 rings (SSSR count). The molecule has 0 saturated carbocycles. The number of hydrogen-bond acceptors (Lipinski definition) is 3. The van der Waals surface area contributed by atoms with Gasteiger partial charge < -0.3 is 5.32 Å². The number of hydrogen-bond donors (Lipinski definition) is 3. The van der Waals surface area contributed by atoms with E-state index in [0.29, 0.717) is 10.7 Å². The van der Waals surface area contributed by atoms with E-state index in [-0.39, 0.29) is 5.91 Å². The predicted molar refractivity (Wildman–Crippen MR) is 106 cm³/mol. The maximum absolute atomic E-state index is 12.1. The number of benzene rings is 2. The van der Waals surface area contributed by atoms with E-state index in [1.807, 2.05) is 56.3 Å². The molecule has 0 aliphatic rings. The van der Waals surface area contributed by atoms with Gasteiger partial charge in [0.15, 0.2) is 5.11 Å². The molecule has 0 saturated heterocycles. The van der Waals surface area contributed by atoms with E-state index in [9.17, 15) is 4.79 Å². The Balaban J connectivity index is 1.89. The quantitative estimate of drug-likeness (QED) is 0.573. The number of rotatable bonds is 4. The highest BCUT2D eigenvalue weighted by atomic mass is 32.2. The monoisotopic (exact) mass is 359 g/mol. The molecule has 126 valence electrons. The second-order valence-corrected chi connectivity index (χ2v) is 6.68. The van der Waals surface area contributed by atoms with Crippen LogP contribution < -0.4 is 16.2 Å². The molecule has 1 amide bonds. The first-order valence-electron chi connectivity index (χ1n) is 7.52. The number of carbonyl (C=O) groups is 1. The Kier molecular flexibility index (Phi) is 6.63. The van der Waals surface area contributed by atoms with Gasteiger partial charge in [-0.3, -0.25) is 15.6 Å². The Hall–Kier alpha value is -2.05. The first-order chi connectivity index (χ1) is 11.5. The summed E-state index contributed by atoms with van der Waals surface area (Å²) in [7, 11) is 0. The molecule has 24 heavy (non-hydrogen) atoms. The fourth-order valence-electron chi connectivity index (χ4n) is 2.14. The molecule has 0 aromatic heterocycles. The van der Waals surface area contributed by atoms with Crippen molar-refractivity contribution in [2.75, 3.05) is 11.6 Å². The minimum Gasteiger partial charge on any atom is -0.331 e. The summed E-state index contributed by atoms with van der Waals surface area (Å²) in [6, 6.07) is 13.5. The lowest BCUT2D eigenvalue weighted by molar-refractivity contribution is 0.0944. The second kappa shape index (κ2) is 8.70. The average molecular weight is 360 g/mol. The summed E-state index contributed by atoms with van der Waals surface area (Å²) in [5, 5.41) is 3.43. The zero-order chi connectivity index (χ0) is 17.5. The van der Waals surface area contributed by atoms with Gasteiger partial charge in [0.25, 0.3) is 5.91 Å². The SMILES string of the molecule is CSCc1ccc(C(=O)NNC(=S)Nc2cccc(C)c2C)cc1. The van der Waals surface area contributed by atoms with Crippen LogP contribution in [0.25, 0.3) is 0 Å². The third kappa shape index (κ3) is 4.97. The summed E-state index contributed by atoms with van der Waals surface area (Å²) in [5.74, 6) is 0.708. The Labute approximate surface area is 152 Å². The van der Waals surface area contributed by atoms with Gasteiger partial charge in [-0.05, 0) is 67.2 Å². The van der Waals surface area contributed by atoms with Gasteiger partial charge in [-0.2, -0.15) is 11.8 Å². The molecule has 3 N–H and O–H groups in total. The number of anilines is 1. The number of hydrazine groups is 1. The number of thiocarbonyl (C=S) groups is 1. The van der Waals surface area contributed by atoms with Gasteiger partial charge in [-0.1, -0.05) is 24.3 Å². The zero-order valence-corrected chi connectivity index (χ0v) is 15.6. The minimum absolute atomic E-state index is 0.226. The van der Waals surface area contributed by atoms with E-state index < -0.39 is 0 Å². The van der Waals surface area contributed by atoms with Crippen molar-refractivity contribution in [1.82, 2.24) is 10.9 Å². The van der Waals surface area contributed by atoms with Crippen LogP contribution in [0.2, 0.25) is 0 Å². The molecule has 0 heterocycles. The van der Waals surface area contributed by atoms with Gasteiger partial charge in [-0.15, -0.1) is 0 Å². The van der Waals surface area contributed by atoms with Crippen molar-refractivity contribution in [3.8, 4) is 0 Å². The van der Waals surface area contributed by atoms with Crippen LogP contribution in [0.15, 0.2) is 42.5 Å². The Morgan fingerprint density at radius 2 is 1.79 bits per heavy atom. The highest BCUT2D eigenvalue weighted by Crippen LogP contribution is 2.17. The fraction of sp³-hybridized carbons (Fsp3) is 0.222. The Morgan fingerprint density at radius 3 is 2.46 bits per heavy atom. The Morgan fingerprint density at radius 1 is 1.08 bits per heavy atom. The normalized spacial score (nSPS) is 10.1. The van der Waals surface area contributed by atoms with Crippen molar-refractivity contribution >= 4 is 40.7 Å². The van der Waals surface area contributed by atoms with Crippen molar-refractivity contribution in [2.24, 2.45) is 0 Å². The molecule has 6 heteroatoms. The lowest BCUT2D eigenvalue weighted by Crippen LogP contribution is -2.43. The second-order valence-electron chi connectivity index (χ2n) is 5.41. The number of amides is 1. The summed E-state index contributed by atoms with van der Waals surface area (Å²) in [6.45, 7) is 4.06. The van der Waals surface area contributed by atoms with E-state index >= 15 is 0 Å². The van der Waals surface area contributed by atoms with E-state index in [1.54, 1.807) is 11.8 Å². The molecule has 4 nitrogen and oxygen atoms in total. The van der Waals surface area contributed by atoms with Crippen molar-refractivity contribution in [3.05, 3.63) is 64.7 Å². The van der Waals surface area contributed by atoms with E-state index in [4.69, 9.17) is 12.2 Å². The van der Waals surface area contributed by atoms with E-state index in [1.165, 1.54) is 11.1 Å². The van der Waals surface area contributed by atoms with E-state index in [2.05, 4.69) is 22.4 Å². The van der Waals surface area contributed by atoms with Crippen molar-refractivity contribution < 1.29 is 4.79 Å². The topological polar surface area (TPSA) is 53.2 Å². The van der Waals surface area contributed by atoms with Gasteiger partial charge in [0, 0.05) is 17.0 Å². The van der Waals surface area contributed by atoms with Crippen LogP contribution in [0.1, 0.15) is 27.0 Å². The molecule has 2 aromatic rings. The standard InChI is InChI=1S/C18H21N3OS2/c1-12-5-4-6-16(13(12)2)19-18(23)21-20-17(22)15-9-7-14(8-10-15)11-24-3/h4-10H,11H2,1-3H3,(H,20,22)(H2,19,21,23). The highest BCUT2D eigenvalue weighted by molar-refractivity contribution is 7.97. The molecule has 0 aliphatic heterocycles. The van der Waals surface area contributed by atoms with Gasteiger partial charge in [0.1, 0.15) is 0 Å². The number of nitrogens with one attached hydrogen (secondary N) is 3. The number of aryl methyl sites for hydroxylation is 1. The summed E-state index contributed by atoms with van der Waals surface area (Å²) in [6.07, 6.45) is 2.05. The Bertz CT molecular complexity index is 730. The molecule has 0 radical (unpaired) electrons. The summed E-state index contributed by atoms with van der Waals surface area (Å²) < 4.78 is 0. The smallest absolute Gasteiger partial charge is 0.269 e. The van der Waals surface area contributed by atoms with Crippen molar-refractivity contribution in [2.45, 2.75) is 19.6 Å². The average Bonchev–Trinajstić information content (AvgIpc) is 2.58. The first kappa shape index (κ1) is 18.3. The molecule has 0 fully saturated rings. The molecular formula is C18H21N3OS2. The van der Waals surface area contributed by atoms with Crippen LogP contribution in [0.4, 0.5) is 5.69 Å². The fourth-order valence-corrected chi connectivity index (χ4v) is 2.83. The first-order valence-corrected chi connectivity index (χ1v) is 9.33. The summed E-state index contributed by atoms with van der Waals surface area (Å²) in [5.41, 5.74) is 10.3.